The highest BCUT2D eigenvalue weighted by molar-refractivity contribution is 5.69. The summed E-state index contributed by atoms with van der Waals surface area (Å²) in [4.78, 5) is 10.7. The first-order valence-corrected chi connectivity index (χ1v) is 9.80. The molecule has 0 aromatic carbocycles. The van der Waals surface area contributed by atoms with Crippen molar-refractivity contribution in [2.75, 3.05) is 0 Å². The second-order valence-corrected chi connectivity index (χ2v) is 7.25. The third-order valence-electron chi connectivity index (χ3n) is 4.81. The first-order valence-electron chi connectivity index (χ1n) is 9.80. The Kier molecular flexibility index (Phi) is 15.0. The van der Waals surface area contributed by atoms with Gasteiger partial charge in [-0.25, -0.2) is 0 Å². The van der Waals surface area contributed by atoms with E-state index in [0.717, 1.165) is 18.8 Å². The van der Waals surface area contributed by atoms with Crippen molar-refractivity contribution in [1.29, 1.82) is 0 Å². The molecule has 0 saturated heterocycles. The van der Waals surface area contributed by atoms with E-state index < -0.39 is 5.97 Å². The smallest absolute Gasteiger partial charge is 0.306 e. The number of rotatable bonds is 16. The maximum Gasteiger partial charge on any atom is 0.306 e. The van der Waals surface area contributed by atoms with Gasteiger partial charge in [-0.3, -0.25) is 4.79 Å². The fourth-order valence-electron chi connectivity index (χ4n) is 3.01. The molecule has 0 fully saturated rings. The Morgan fingerprint density at radius 2 is 1.14 bits per heavy atom. The minimum absolute atomic E-state index is 0.167. The molecule has 0 radical (unpaired) electrons. The largest absolute Gasteiger partial charge is 0.481 e. The van der Waals surface area contributed by atoms with Gasteiger partial charge in [0.1, 0.15) is 0 Å². The van der Waals surface area contributed by atoms with E-state index in [9.17, 15) is 4.79 Å². The molecule has 1 N–H and O–H groups in total. The summed E-state index contributed by atoms with van der Waals surface area (Å²) in [6, 6.07) is 0. The van der Waals surface area contributed by atoms with E-state index in [1.807, 2.05) is 6.92 Å². The number of unbranched alkanes of at least 4 members (excludes halogenated alkanes) is 9. The normalized spacial score (nSPS) is 14.0. The van der Waals surface area contributed by atoms with Crippen LogP contribution < -0.4 is 0 Å². The molecule has 0 aliphatic rings. The molecule has 0 saturated carbocycles. The van der Waals surface area contributed by atoms with E-state index in [1.54, 1.807) is 0 Å². The highest BCUT2D eigenvalue weighted by atomic mass is 16.4. The summed E-state index contributed by atoms with van der Waals surface area (Å²) in [7, 11) is 0. The molecule has 2 unspecified atom stereocenters. The topological polar surface area (TPSA) is 37.3 Å². The number of hydrogen-bond acceptors (Lipinski definition) is 1. The molecule has 0 spiro atoms. The number of aliphatic carboxylic acids is 1. The van der Waals surface area contributed by atoms with Gasteiger partial charge in [0.2, 0.25) is 0 Å². The second-order valence-electron chi connectivity index (χ2n) is 7.25. The minimum atomic E-state index is -0.649. The van der Waals surface area contributed by atoms with Gasteiger partial charge in [-0.15, -0.1) is 0 Å². The molecular formula is C20H40O2. The van der Waals surface area contributed by atoms with Gasteiger partial charge in [-0.1, -0.05) is 104 Å². The van der Waals surface area contributed by atoms with Crippen molar-refractivity contribution in [2.45, 2.75) is 111 Å². The lowest BCUT2D eigenvalue weighted by Gasteiger charge is -2.10. The number of carboxylic acid groups (broad SMARTS) is 1. The van der Waals surface area contributed by atoms with Gasteiger partial charge >= 0.3 is 5.97 Å². The molecule has 0 aromatic rings. The molecule has 0 bridgehead atoms. The number of carbonyl (C=O) groups is 1. The zero-order valence-electron chi connectivity index (χ0n) is 15.4. The zero-order valence-corrected chi connectivity index (χ0v) is 15.4. The van der Waals surface area contributed by atoms with Crippen LogP contribution >= 0.6 is 0 Å². The summed E-state index contributed by atoms with van der Waals surface area (Å²) in [6.45, 7) is 6.50. The summed E-state index contributed by atoms with van der Waals surface area (Å²) in [5.41, 5.74) is 0. The number of hydrogen-bond donors (Lipinski definition) is 1. The summed E-state index contributed by atoms with van der Waals surface area (Å²) < 4.78 is 0. The summed E-state index contributed by atoms with van der Waals surface area (Å²) in [5, 5.41) is 8.80. The van der Waals surface area contributed by atoms with E-state index in [0.29, 0.717) is 0 Å². The Labute approximate surface area is 139 Å². The van der Waals surface area contributed by atoms with Gasteiger partial charge in [0.15, 0.2) is 0 Å². The van der Waals surface area contributed by atoms with Crippen LogP contribution in [0.4, 0.5) is 0 Å². The maximum atomic E-state index is 10.7. The second kappa shape index (κ2) is 15.4. The highest BCUT2D eigenvalue weighted by Crippen LogP contribution is 2.18. The first-order chi connectivity index (χ1) is 10.6. The molecule has 132 valence electrons. The van der Waals surface area contributed by atoms with Gasteiger partial charge in [-0.2, -0.15) is 0 Å². The SMILES string of the molecule is CCCCCC(C)CCCCCCCCCCC(C)C(=O)O. The van der Waals surface area contributed by atoms with E-state index >= 15 is 0 Å². The van der Waals surface area contributed by atoms with Gasteiger partial charge in [0, 0.05) is 0 Å². The summed E-state index contributed by atoms with van der Waals surface area (Å²) >= 11 is 0. The van der Waals surface area contributed by atoms with Crippen molar-refractivity contribution < 1.29 is 9.90 Å². The quantitative estimate of drug-likeness (QED) is 0.317. The standard InChI is InChI=1S/C20H40O2/c1-4-5-12-15-18(2)16-13-10-8-6-7-9-11-14-17-19(3)20(21)22/h18-19H,4-17H2,1-3H3,(H,21,22). The van der Waals surface area contributed by atoms with Crippen molar-refractivity contribution in [3.05, 3.63) is 0 Å². The van der Waals surface area contributed by atoms with E-state index in [1.165, 1.54) is 77.0 Å². The predicted molar refractivity (Wildman–Crippen MR) is 96.3 cm³/mol. The average molecular weight is 313 g/mol. The third kappa shape index (κ3) is 14.4. The Balaban J connectivity index is 3.18. The van der Waals surface area contributed by atoms with Crippen LogP contribution in [0.15, 0.2) is 0 Å². The van der Waals surface area contributed by atoms with Crippen LogP contribution in [0, 0.1) is 11.8 Å². The first kappa shape index (κ1) is 21.5. The molecule has 0 amide bonds. The monoisotopic (exact) mass is 312 g/mol. The van der Waals surface area contributed by atoms with Crippen LogP contribution in [-0.2, 0) is 4.79 Å². The molecular weight excluding hydrogens is 272 g/mol. The molecule has 0 heterocycles. The predicted octanol–water partition coefficient (Wildman–Crippen LogP) is 6.82. The van der Waals surface area contributed by atoms with Crippen molar-refractivity contribution in [3.8, 4) is 0 Å². The molecule has 2 heteroatoms. The van der Waals surface area contributed by atoms with Gasteiger partial charge in [0.05, 0.1) is 5.92 Å². The third-order valence-corrected chi connectivity index (χ3v) is 4.81. The molecule has 2 atom stereocenters. The van der Waals surface area contributed by atoms with Crippen molar-refractivity contribution in [3.63, 3.8) is 0 Å². The van der Waals surface area contributed by atoms with Crippen LogP contribution in [0.25, 0.3) is 0 Å². The van der Waals surface area contributed by atoms with E-state index in [2.05, 4.69) is 13.8 Å². The zero-order chi connectivity index (χ0) is 16.6. The lowest BCUT2D eigenvalue weighted by molar-refractivity contribution is -0.141. The van der Waals surface area contributed by atoms with Crippen molar-refractivity contribution >= 4 is 5.97 Å². The van der Waals surface area contributed by atoms with Gasteiger partial charge < -0.3 is 5.11 Å². The van der Waals surface area contributed by atoms with Crippen LogP contribution in [0.3, 0.4) is 0 Å². The van der Waals surface area contributed by atoms with Crippen LogP contribution in [0.2, 0.25) is 0 Å². The Morgan fingerprint density at radius 1 is 0.727 bits per heavy atom. The Morgan fingerprint density at radius 3 is 1.59 bits per heavy atom. The van der Waals surface area contributed by atoms with Crippen LogP contribution in [0.1, 0.15) is 111 Å². The van der Waals surface area contributed by atoms with Crippen LogP contribution in [0.5, 0.6) is 0 Å². The van der Waals surface area contributed by atoms with Crippen LogP contribution in [-0.4, -0.2) is 11.1 Å². The van der Waals surface area contributed by atoms with Crippen molar-refractivity contribution in [1.82, 2.24) is 0 Å². The van der Waals surface area contributed by atoms with E-state index in [-0.39, 0.29) is 5.92 Å². The fraction of sp³-hybridized carbons (Fsp3) is 0.950. The number of carboxylic acids is 1. The molecule has 0 aliphatic carbocycles. The Bertz CT molecular complexity index is 250. The highest BCUT2D eigenvalue weighted by Gasteiger charge is 2.09. The average Bonchev–Trinajstić information content (AvgIpc) is 2.49. The van der Waals surface area contributed by atoms with Gasteiger partial charge in [-0.05, 0) is 12.3 Å². The molecule has 0 aromatic heterocycles. The fourth-order valence-corrected chi connectivity index (χ4v) is 3.01. The van der Waals surface area contributed by atoms with E-state index in [4.69, 9.17) is 5.11 Å². The molecule has 2 nitrogen and oxygen atoms in total. The lowest BCUT2D eigenvalue weighted by atomic mass is 9.96. The molecule has 0 rings (SSSR count). The minimum Gasteiger partial charge on any atom is -0.481 e. The van der Waals surface area contributed by atoms with Crippen molar-refractivity contribution in [2.24, 2.45) is 11.8 Å². The maximum absolute atomic E-state index is 10.7. The lowest BCUT2D eigenvalue weighted by Crippen LogP contribution is -2.08. The Hall–Kier alpha value is -0.530. The van der Waals surface area contributed by atoms with Gasteiger partial charge in [0.25, 0.3) is 0 Å². The summed E-state index contributed by atoms with van der Waals surface area (Å²) in [6.07, 6.45) is 18.2. The molecule has 22 heavy (non-hydrogen) atoms. The molecule has 0 aliphatic heterocycles. The summed E-state index contributed by atoms with van der Waals surface area (Å²) in [5.74, 6) is 0.103.